The van der Waals surface area contributed by atoms with Gasteiger partial charge in [-0.15, -0.1) is 0 Å². The summed E-state index contributed by atoms with van der Waals surface area (Å²) < 4.78 is 0.863. The van der Waals surface area contributed by atoms with Crippen molar-refractivity contribution in [1.82, 2.24) is 4.90 Å². The van der Waals surface area contributed by atoms with Crippen LogP contribution in [-0.2, 0) is 0 Å². The molecule has 5 heteroatoms. The molecular formula is C13H18BrClN2O. The first-order chi connectivity index (χ1) is 8.46. The third kappa shape index (κ3) is 2.82. The highest BCUT2D eigenvalue weighted by atomic mass is 79.9. The molecule has 1 saturated heterocycles. The lowest BCUT2D eigenvalue weighted by atomic mass is 9.97. The van der Waals surface area contributed by atoms with E-state index in [9.17, 15) is 5.11 Å². The van der Waals surface area contributed by atoms with Gasteiger partial charge in [-0.05, 0) is 54.5 Å². The molecule has 1 aliphatic heterocycles. The summed E-state index contributed by atoms with van der Waals surface area (Å²) in [5.41, 5.74) is 0.712. The smallest absolute Gasteiger partial charge is 0.0745 e. The van der Waals surface area contributed by atoms with Gasteiger partial charge in [-0.1, -0.05) is 11.6 Å². The van der Waals surface area contributed by atoms with Crippen LogP contribution in [0.5, 0.6) is 0 Å². The van der Waals surface area contributed by atoms with Crippen molar-refractivity contribution in [3.63, 3.8) is 0 Å². The molecular weight excluding hydrogens is 316 g/mol. The van der Waals surface area contributed by atoms with Crippen molar-refractivity contribution < 1.29 is 5.11 Å². The maximum atomic E-state index is 9.71. The molecule has 2 unspecified atom stereocenters. The van der Waals surface area contributed by atoms with Crippen molar-refractivity contribution in [3.05, 3.63) is 27.7 Å². The maximum Gasteiger partial charge on any atom is 0.0745 e. The van der Waals surface area contributed by atoms with Crippen molar-refractivity contribution in [3.8, 4) is 0 Å². The zero-order valence-corrected chi connectivity index (χ0v) is 12.9. The van der Waals surface area contributed by atoms with Crippen LogP contribution in [0.15, 0.2) is 22.7 Å². The monoisotopic (exact) mass is 332 g/mol. The van der Waals surface area contributed by atoms with Crippen LogP contribution in [0.4, 0.5) is 5.69 Å². The minimum absolute atomic E-state index is 0.127. The molecule has 0 aromatic heterocycles. The summed E-state index contributed by atoms with van der Waals surface area (Å²) in [7, 11) is 2.08. The number of hydrogen-bond acceptors (Lipinski definition) is 3. The summed E-state index contributed by atoms with van der Waals surface area (Å²) >= 11 is 9.39. The first-order valence-electron chi connectivity index (χ1n) is 6.00. The Morgan fingerprint density at radius 2 is 2.33 bits per heavy atom. The number of nitrogens with zero attached hydrogens (tertiary/aromatic N) is 1. The summed E-state index contributed by atoms with van der Waals surface area (Å²) in [6.45, 7) is 3.14. The molecule has 2 N–H and O–H groups in total. The van der Waals surface area contributed by atoms with Crippen LogP contribution >= 0.6 is 27.5 Å². The molecule has 0 aliphatic carbocycles. The van der Waals surface area contributed by atoms with Gasteiger partial charge >= 0.3 is 0 Å². The second-order valence-electron chi connectivity index (χ2n) is 5.16. The van der Waals surface area contributed by atoms with E-state index in [2.05, 4.69) is 40.1 Å². The van der Waals surface area contributed by atoms with Crippen LogP contribution in [0, 0.1) is 0 Å². The molecule has 0 amide bonds. The maximum absolute atomic E-state index is 9.71. The van der Waals surface area contributed by atoms with Gasteiger partial charge in [-0.2, -0.15) is 0 Å². The second kappa shape index (κ2) is 5.37. The number of aliphatic hydroxyl groups excluding tert-OH is 1. The third-order valence-corrected chi connectivity index (χ3v) is 4.84. The Morgan fingerprint density at radius 3 is 2.83 bits per heavy atom. The number of likely N-dealkylation sites (N-methyl/N-ethyl adjacent to an activating group) is 1. The van der Waals surface area contributed by atoms with Crippen LogP contribution in [0.25, 0.3) is 0 Å². The van der Waals surface area contributed by atoms with Gasteiger partial charge in [-0.25, -0.2) is 0 Å². The number of halogens is 2. The van der Waals surface area contributed by atoms with Crippen LogP contribution in [0.3, 0.4) is 0 Å². The summed E-state index contributed by atoms with van der Waals surface area (Å²) in [6, 6.07) is 6.21. The average molecular weight is 334 g/mol. The van der Waals surface area contributed by atoms with E-state index in [0.717, 1.165) is 23.1 Å². The average Bonchev–Trinajstić information content (AvgIpc) is 2.60. The van der Waals surface area contributed by atoms with Gasteiger partial charge in [0, 0.05) is 22.7 Å². The largest absolute Gasteiger partial charge is 0.394 e. The first-order valence-corrected chi connectivity index (χ1v) is 7.17. The molecule has 0 saturated carbocycles. The number of anilines is 1. The molecule has 1 aromatic rings. The SMILES string of the molecule is CC1CC(CO)(Nc2ccc(Cl)c(Br)c2)CN1C. The van der Waals surface area contributed by atoms with Gasteiger partial charge in [0.2, 0.25) is 0 Å². The molecule has 18 heavy (non-hydrogen) atoms. The number of benzene rings is 1. The van der Waals surface area contributed by atoms with E-state index in [0.29, 0.717) is 11.1 Å². The summed E-state index contributed by atoms with van der Waals surface area (Å²) in [6.07, 6.45) is 0.931. The lowest BCUT2D eigenvalue weighted by Gasteiger charge is -2.29. The van der Waals surface area contributed by atoms with Crippen LogP contribution in [0.2, 0.25) is 5.02 Å². The Morgan fingerprint density at radius 1 is 1.61 bits per heavy atom. The van der Waals surface area contributed by atoms with E-state index >= 15 is 0 Å². The van der Waals surface area contributed by atoms with Gasteiger partial charge < -0.3 is 15.3 Å². The second-order valence-corrected chi connectivity index (χ2v) is 6.42. The molecule has 1 aromatic carbocycles. The Kier molecular flexibility index (Phi) is 4.22. The zero-order chi connectivity index (χ0) is 13.3. The molecule has 0 radical (unpaired) electrons. The lowest BCUT2D eigenvalue weighted by molar-refractivity contribution is 0.212. The number of rotatable bonds is 3. The summed E-state index contributed by atoms with van der Waals surface area (Å²) in [4.78, 5) is 2.26. The van der Waals surface area contributed by atoms with Crippen molar-refractivity contribution in [1.29, 1.82) is 0 Å². The molecule has 2 atom stereocenters. The Balaban J connectivity index is 2.18. The molecule has 1 fully saturated rings. The molecule has 1 heterocycles. The highest BCUT2D eigenvalue weighted by Gasteiger charge is 2.40. The molecule has 3 nitrogen and oxygen atoms in total. The zero-order valence-electron chi connectivity index (χ0n) is 10.6. The van der Waals surface area contributed by atoms with Gasteiger partial charge in [0.1, 0.15) is 0 Å². The van der Waals surface area contributed by atoms with E-state index in [4.69, 9.17) is 11.6 Å². The van der Waals surface area contributed by atoms with E-state index in [-0.39, 0.29) is 12.1 Å². The van der Waals surface area contributed by atoms with E-state index in [1.807, 2.05) is 18.2 Å². The first kappa shape index (κ1) is 14.1. The number of likely N-dealkylation sites (tertiary alicyclic amines) is 1. The minimum atomic E-state index is -0.262. The Hall–Kier alpha value is -0.290. The van der Waals surface area contributed by atoms with Crippen LogP contribution in [0.1, 0.15) is 13.3 Å². The predicted octanol–water partition coefficient (Wildman–Crippen LogP) is 2.97. The minimum Gasteiger partial charge on any atom is -0.394 e. The number of nitrogens with one attached hydrogen (secondary N) is 1. The molecule has 0 spiro atoms. The molecule has 2 rings (SSSR count). The van der Waals surface area contributed by atoms with Crippen LogP contribution < -0.4 is 5.32 Å². The fourth-order valence-corrected chi connectivity index (χ4v) is 3.04. The fraction of sp³-hybridized carbons (Fsp3) is 0.538. The van der Waals surface area contributed by atoms with Crippen molar-refractivity contribution in [2.75, 3.05) is 25.5 Å². The highest BCUT2D eigenvalue weighted by Crippen LogP contribution is 2.32. The molecule has 1 aliphatic rings. The van der Waals surface area contributed by atoms with Crippen molar-refractivity contribution in [2.45, 2.75) is 24.9 Å². The summed E-state index contributed by atoms with van der Waals surface area (Å²) in [5, 5.41) is 13.9. The normalized spacial score (nSPS) is 28.6. The van der Waals surface area contributed by atoms with E-state index in [1.54, 1.807) is 0 Å². The fourth-order valence-electron chi connectivity index (χ4n) is 2.54. The highest BCUT2D eigenvalue weighted by molar-refractivity contribution is 9.10. The third-order valence-electron chi connectivity index (χ3n) is 3.62. The van der Waals surface area contributed by atoms with Gasteiger partial charge in [0.05, 0.1) is 17.2 Å². The van der Waals surface area contributed by atoms with Crippen molar-refractivity contribution in [2.24, 2.45) is 0 Å². The number of hydrogen-bond donors (Lipinski definition) is 2. The van der Waals surface area contributed by atoms with Crippen molar-refractivity contribution >= 4 is 33.2 Å². The Bertz CT molecular complexity index is 431. The molecule has 100 valence electrons. The topological polar surface area (TPSA) is 35.5 Å². The van der Waals surface area contributed by atoms with Gasteiger partial charge in [0.15, 0.2) is 0 Å². The quantitative estimate of drug-likeness (QED) is 0.892. The lowest BCUT2D eigenvalue weighted by Crippen LogP contribution is -2.44. The Labute approximate surface area is 121 Å². The predicted molar refractivity (Wildman–Crippen MR) is 79.3 cm³/mol. The molecule has 0 bridgehead atoms. The van der Waals surface area contributed by atoms with Crippen LogP contribution in [-0.4, -0.2) is 41.8 Å². The standard InChI is InChI=1S/C13H18BrClN2O/c1-9-6-13(8-18,7-17(9)2)16-10-3-4-12(15)11(14)5-10/h3-5,9,16,18H,6-8H2,1-2H3. The van der Waals surface area contributed by atoms with Gasteiger partial charge in [0.25, 0.3) is 0 Å². The van der Waals surface area contributed by atoms with E-state index in [1.165, 1.54) is 0 Å². The van der Waals surface area contributed by atoms with Gasteiger partial charge in [-0.3, -0.25) is 0 Å². The summed E-state index contributed by atoms with van der Waals surface area (Å²) in [5.74, 6) is 0. The van der Waals surface area contributed by atoms with E-state index < -0.39 is 0 Å². The number of aliphatic hydroxyl groups is 1.